The van der Waals surface area contributed by atoms with Gasteiger partial charge in [-0.3, -0.25) is 0 Å². The Kier molecular flexibility index (Phi) is 5.52. The standard InChI is InChI=1S/C13H12Cl2N2O2S/c14-9-3-1-4-10(15)12(9)18-6-7-19-17-13(16)11-5-2-8-20-11/h1-5,8H,6-7H2,(H2,16,17). The van der Waals surface area contributed by atoms with E-state index < -0.39 is 0 Å². The Labute approximate surface area is 130 Å². The average molecular weight is 331 g/mol. The third-order valence-corrected chi connectivity index (χ3v) is 3.76. The summed E-state index contributed by atoms with van der Waals surface area (Å²) in [6.07, 6.45) is 0. The molecule has 0 aliphatic rings. The van der Waals surface area contributed by atoms with Crippen LogP contribution in [0.2, 0.25) is 10.0 Å². The summed E-state index contributed by atoms with van der Waals surface area (Å²) < 4.78 is 5.44. The molecule has 0 aliphatic carbocycles. The van der Waals surface area contributed by atoms with E-state index in [0.717, 1.165) is 4.88 Å². The van der Waals surface area contributed by atoms with Gasteiger partial charge < -0.3 is 15.3 Å². The summed E-state index contributed by atoms with van der Waals surface area (Å²) in [6, 6.07) is 8.92. The molecule has 7 heteroatoms. The van der Waals surface area contributed by atoms with Gasteiger partial charge in [0.2, 0.25) is 0 Å². The number of nitrogens with two attached hydrogens (primary N) is 1. The maximum atomic E-state index is 5.96. The van der Waals surface area contributed by atoms with Crippen LogP contribution in [0.25, 0.3) is 0 Å². The van der Waals surface area contributed by atoms with E-state index in [-0.39, 0.29) is 13.2 Å². The van der Waals surface area contributed by atoms with Gasteiger partial charge in [0.15, 0.2) is 18.2 Å². The first-order valence-corrected chi connectivity index (χ1v) is 7.38. The molecule has 0 radical (unpaired) electrons. The predicted octanol–water partition coefficient (Wildman–Crippen LogP) is 3.77. The van der Waals surface area contributed by atoms with Crippen molar-refractivity contribution in [2.75, 3.05) is 13.2 Å². The zero-order chi connectivity index (χ0) is 14.4. The van der Waals surface area contributed by atoms with E-state index in [1.165, 1.54) is 11.3 Å². The summed E-state index contributed by atoms with van der Waals surface area (Å²) in [5.74, 6) is 0.783. The summed E-state index contributed by atoms with van der Waals surface area (Å²) in [4.78, 5) is 5.94. The normalized spacial score (nSPS) is 11.4. The number of ether oxygens (including phenoxy) is 1. The Bertz CT molecular complexity index is 568. The van der Waals surface area contributed by atoms with E-state index in [0.29, 0.717) is 21.6 Å². The van der Waals surface area contributed by atoms with Gasteiger partial charge in [0.05, 0.1) is 14.9 Å². The van der Waals surface area contributed by atoms with Gasteiger partial charge >= 0.3 is 0 Å². The molecule has 2 aromatic rings. The number of rotatable bonds is 6. The third-order valence-electron chi connectivity index (χ3n) is 2.28. The van der Waals surface area contributed by atoms with Crippen LogP contribution in [-0.2, 0) is 4.84 Å². The number of hydrogen-bond donors (Lipinski definition) is 1. The molecule has 0 saturated heterocycles. The molecule has 1 aromatic carbocycles. The molecule has 0 bridgehead atoms. The summed E-state index contributed by atoms with van der Waals surface area (Å²) in [6.45, 7) is 0.512. The smallest absolute Gasteiger partial charge is 0.180 e. The molecule has 0 saturated carbocycles. The van der Waals surface area contributed by atoms with Crippen LogP contribution in [0.4, 0.5) is 0 Å². The van der Waals surface area contributed by atoms with Gasteiger partial charge in [-0.1, -0.05) is 40.5 Å². The minimum absolute atomic E-state index is 0.244. The lowest BCUT2D eigenvalue weighted by Gasteiger charge is -2.08. The Balaban J connectivity index is 1.78. The monoisotopic (exact) mass is 330 g/mol. The molecule has 1 heterocycles. The van der Waals surface area contributed by atoms with Crippen molar-refractivity contribution >= 4 is 40.4 Å². The highest BCUT2D eigenvalue weighted by atomic mass is 35.5. The van der Waals surface area contributed by atoms with Crippen LogP contribution >= 0.6 is 34.5 Å². The molecule has 2 rings (SSSR count). The highest BCUT2D eigenvalue weighted by Crippen LogP contribution is 2.32. The van der Waals surface area contributed by atoms with Gasteiger partial charge in [0, 0.05) is 0 Å². The van der Waals surface area contributed by atoms with Crippen molar-refractivity contribution in [2.45, 2.75) is 0 Å². The number of benzene rings is 1. The fraction of sp³-hybridized carbons (Fsp3) is 0.154. The van der Waals surface area contributed by atoms with Crippen LogP contribution in [0.1, 0.15) is 4.88 Å². The second-order valence-corrected chi connectivity index (χ2v) is 5.45. The summed E-state index contributed by atoms with van der Waals surface area (Å²) in [5.41, 5.74) is 5.73. The summed E-state index contributed by atoms with van der Waals surface area (Å²) in [5, 5.41) is 6.63. The van der Waals surface area contributed by atoms with Crippen molar-refractivity contribution in [3.05, 3.63) is 50.6 Å². The van der Waals surface area contributed by atoms with Gasteiger partial charge in [0.25, 0.3) is 0 Å². The van der Waals surface area contributed by atoms with Crippen LogP contribution in [-0.4, -0.2) is 19.0 Å². The highest BCUT2D eigenvalue weighted by Gasteiger charge is 2.06. The first-order chi connectivity index (χ1) is 9.68. The van der Waals surface area contributed by atoms with E-state index in [4.69, 9.17) is 38.5 Å². The van der Waals surface area contributed by atoms with Crippen molar-refractivity contribution in [3.63, 3.8) is 0 Å². The highest BCUT2D eigenvalue weighted by molar-refractivity contribution is 7.12. The molecule has 0 atom stereocenters. The van der Waals surface area contributed by atoms with Gasteiger partial charge in [-0.15, -0.1) is 11.3 Å². The molecule has 0 unspecified atom stereocenters. The second kappa shape index (κ2) is 7.38. The van der Waals surface area contributed by atoms with E-state index in [9.17, 15) is 0 Å². The lowest BCUT2D eigenvalue weighted by atomic mass is 10.3. The molecule has 0 fully saturated rings. The Morgan fingerprint density at radius 3 is 2.55 bits per heavy atom. The van der Waals surface area contributed by atoms with Gasteiger partial charge in [-0.2, -0.15) is 0 Å². The molecular formula is C13H12Cl2N2O2S. The van der Waals surface area contributed by atoms with Crippen molar-refractivity contribution in [2.24, 2.45) is 10.9 Å². The van der Waals surface area contributed by atoms with Crippen molar-refractivity contribution in [1.82, 2.24) is 0 Å². The molecule has 2 N–H and O–H groups in total. The Hall–Kier alpha value is -1.43. The second-order valence-electron chi connectivity index (χ2n) is 3.69. The molecule has 0 amide bonds. The molecule has 1 aromatic heterocycles. The quantitative estimate of drug-likeness (QED) is 0.379. The Morgan fingerprint density at radius 2 is 1.90 bits per heavy atom. The number of thiophene rings is 1. The molecule has 0 spiro atoms. The summed E-state index contributed by atoms with van der Waals surface area (Å²) in [7, 11) is 0. The largest absolute Gasteiger partial charge is 0.487 e. The van der Waals surface area contributed by atoms with Crippen LogP contribution < -0.4 is 10.5 Å². The molecule has 4 nitrogen and oxygen atoms in total. The van der Waals surface area contributed by atoms with Crippen molar-refractivity contribution < 1.29 is 9.57 Å². The minimum Gasteiger partial charge on any atom is -0.487 e. The zero-order valence-corrected chi connectivity index (χ0v) is 12.7. The first kappa shape index (κ1) is 15.0. The fourth-order valence-electron chi connectivity index (χ4n) is 1.39. The maximum Gasteiger partial charge on any atom is 0.180 e. The van der Waals surface area contributed by atoms with Gasteiger partial charge in [-0.25, -0.2) is 0 Å². The van der Waals surface area contributed by atoms with E-state index in [1.54, 1.807) is 18.2 Å². The first-order valence-electron chi connectivity index (χ1n) is 5.74. The molecule has 106 valence electrons. The topological polar surface area (TPSA) is 56.8 Å². The van der Waals surface area contributed by atoms with Crippen LogP contribution in [0.15, 0.2) is 40.9 Å². The SMILES string of the molecule is N/C(=N/OCCOc1c(Cl)cccc1Cl)c1cccs1. The lowest BCUT2D eigenvalue weighted by Crippen LogP contribution is -2.13. The van der Waals surface area contributed by atoms with Crippen molar-refractivity contribution in [1.29, 1.82) is 0 Å². The van der Waals surface area contributed by atoms with Crippen molar-refractivity contribution in [3.8, 4) is 5.75 Å². The molecular weight excluding hydrogens is 319 g/mol. The van der Waals surface area contributed by atoms with E-state index in [2.05, 4.69) is 5.16 Å². The van der Waals surface area contributed by atoms with E-state index in [1.807, 2.05) is 17.5 Å². The maximum absolute atomic E-state index is 5.96. The number of halogens is 2. The number of nitrogens with zero attached hydrogens (tertiary/aromatic N) is 1. The number of oxime groups is 1. The summed E-state index contributed by atoms with van der Waals surface area (Å²) >= 11 is 13.4. The van der Waals surface area contributed by atoms with E-state index >= 15 is 0 Å². The molecule has 0 aliphatic heterocycles. The third kappa shape index (κ3) is 4.03. The van der Waals surface area contributed by atoms with Crippen LogP contribution in [0, 0.1) is 0 Å². The zero-order valence-electron chi connectivity index (χ0n) is 10.4. The Morgan fingerprint density at radius 1 is 1.15 bits per heavy atom. The number of amidine groups is 1. The number of para-hydroxylation sites is 1. The minimum atomic E-state index is 0.244. The average Bonchev–Trinajstić information content (AvgIpc) is 2.95. The van der Waals surface area contributed by atoms with Crippen LogP contribution in [0.3, 0.4) is 0 Å². The number of hydrogen-bond acceptors (Lipinski definition) is 4. The van der Waals surface area contributed by atoms with Gasteiger partial charge in [0.1, 0.15) is 6.61 Å². The van der Waals surface area contributed by atoms with Crippen LogP contribution in [0.5, 0.6) is 5.75 Å². The predicted molar refractivity (Wildman–Crippen MR) is 83.0 cm³/mol. The lowest BCUT2D eigenvalue weighted by molar-refractivity contribution is 0.107. The molecule has 20 heavy (non-hydrogen) atoms. The van der Waals surface area contributed by atoms with Gasteiger partial charge in [-0.05, 0) is 23.6 Å². The fourth-order valence-corrected chi connectivity index (χ4v) is 2.51.